The molecule has 7 nitrogen and oxygen atoms in total. The van der Waals surface area contributed by atoms with Crippen LogP contribution in [-0.4, -0.2) is 38.0 Å². The minimum absolute atomic E-state index is 0.254. The summed E-state index contributed by atoms with van der Waals surface area (Å²) in [5.74, 6) is 0.839. The highest BCUT2D eigenvalue weighted by atomic mass is 35.5. The predicted molar refractivity (Wildman–Crippen MR) is 73.7 cm³/mol. The van der Waals surface area contributed by atoms with Crippen LogP contribution in [0.4, 0.5) is 5.82 Å². The Morgan fingerprint density at radius 1 is 1.20 bits per heavy atom. The second kappa shape index (κ2) is 4.45. The van der Waals surface area contributed by atoms with Gasteiger partial charge >= 0.3 is 10.9 Å². The Morgan fingerprint density at radius 3 is 3.05 bits per heavy atom. The lowest BCUT2D eigenvalue weighted by atomic mass is 10.2. The molecule has 0 aliphatic carbocycles. The standard InChI is InChI=1S/C12H12ClN7/c13-12-18-10-9(16-6-17-10)11(19-12)20-3-1-7-8(2-4-20)15-5-14-7/h5-6H,1-4H2,(H,14,15)(H,16,17,18,19)/p+1. The predicted octanol–water partition coefficient (Wildman–Crippen LogP) is 0.754. The maximum Gasteiger partial charge on any atom is 0.306 e. The fourth-order valence-corrected chi connectivity index (χ4v) is 2.82. The first kappa shape index (κ1) is 11.7. The van der Waals surface area contributed by atoms with Gasteiger partial charge in [0.05, 0.1) is 12.0 Å². The van der Waals surface area contributed by atoms with Gasteiger partial charge in [0.25, 0.3) is 0 Å². The second-order valence-corrected chi connectivity index (χ2v) is 5.13. The van der Waals surface area contributed by atoms with Gasteiger partial charge in [0, 0.05) is 31.6 Å². The first-order valence-electron chi connectivity index (χ1n) is 6.49. The van der Waals surface area contributed by atoms with E-state index in [0.717, 1.165) is 48.6 Å². The van der Waals surface area contributed by atoms with Crippen molar-refractivity contribution >= 4 is 28.6 Å². The van der Waals surface area contributed by atoms with Crippen LogP contribution in [-0.2, 0) is 12.8 Å². The highest BCUT2D eigenvalue weighted by Gasteiger charge is 2.23. The summed E-state index contributed by atoms with van der Waals surface area (Å²) in [5.41, 5.74) is 3.96. The Hall–Kier alpha value is -2.15. The molecule has 4 heterocycles. The van der Waals surface area contributed by atoms with Gasteiger partial charge in [-0.15, -0.1) is 0 Å². The first-order valence-corrected chi connectivity index (χ1v) is 6.87. The molecular weight excluding hydrogens is 278 g/mol. The number of imidazole rings is 2. The number of hydrogen-bond acceptors (Lipinski definition) is 4. The van der Waals surface area contributed by atoms with Gasteiger partial charge in [-0.25, -0.2) is 9.97 Å². The summed E-state index contributed by atoms with van der Waals surface area (Å²) >= 11 is 6.01. The number of hydrogen-bond donors (Lipinski definition) is 2. The summed E-state index contributed by atoms with van der Waals surface area (Å²) in [4.78, 5) is 24.5. The van der Waals surface area contributed by atoms with Gasteiger partial charge in [0.15, 0.2) is 12.1 Å². The van der Waals surface area contributed by atoms with Crippen LogP contribution < -0.4 is 9.88 Å². The third-order valence-electron chi connectivity index (χ3n) is 3.65. The normalized spacial score (nSPS) is 15.3. The number of anilines is 1. The molecule has 0 amide bonds. The molecule has 3 N–H and O–H groups in total. The zero-order chi connectivity index (χ0) is 13.5. The molecule has 0 bridgehead atoms. The number of nitrogens with one attached hydrogen (secondary N) is 3. The smallest absolute Gasteiger partial charge is 0.306 e. The van der Waals surface area contributed by atoms with E-state index in [1.54, 1.807) is 12.7 Å². The van der Waals surface area contributed by atoms with E-state index in [-0.39, 0.29) is 5.28 Å². The van der Waals surface area contributed by atoms with Crippen LogP contribution in [0, 0.1) is 0 Å². The van der Waals surface area contributed by atoms with E-state index in [2.05, 4.69) is 34.8 Å². The monoisotopic (exact) mass is 290 g/mol. The minimum atomic E-state index is 0.254. The van der Waals surface area contributed by atoms with E-state index in [9.17, 15) is 0 Å². The van der Waals surface area contributed by atoms with E-state index in [1.165, 1.54) is 5.69 Å². The number of rotatable bonds is 1. The van der Waals surface area contributed by atoms with Gasteiger partial charge in [-0.05, 0) is 11.6 Å². The minimum Gasteiger partial charge on any atom is -0.353 e. The lowest BCUT2D eigenvalue weighted by Gasteiger charge is -2.20. The maximum atomic E-state index is 6.01. The molecule has 3 aromatic rings. The molecule has 0 fully saturated rings. The average Bonchev–Trinajstić information content (AvgIpc) is 3.03. The summed E-state index contributed by atoms with van der Waals surface area (Å²) in [7, 11) is 0. The first-order chi connectivity index (χ1) is 9.81. The fourth-order valence-electron chi connectivity index (χ4n) is 2.66. The summed E-state index contributed by atoms with van der Waals surface area (Å²) in [5, 5.41) is 0.254. The maximum absolute atomic E-state index is 6.01. The number of aromatic amines is 3. The lowest BCUT2D eigenvalue weighted by Crippen LogP contribution is -2.27. The van der Waals surface area contributed by atoms with Gasteiger partial charge in [-0.2, -0.15) is 4.98 Å². The van der Waals surface area contributed by atoms with E-state index in [1.807, 2.05) is 0 Å². The van der Waals surface area contributed by atoms with Crippen LogP contribution in [0.1, 0.15) is 11.4 Å². The molecular formula is C12H13ClN7+. The van der Waals surface area contributed by atoms with Gasteiger partial charge in [0.1, 0.15) is 0 Å². The molecule has 1 aliphatic rings. The molecule has 3 aromatic heterocycles. The molecule has 0 atom stereocenters. The van der Waals surface area contributed by atoms with Crippen molar-refractivity contribution in [2.24, 2.45) is 0 Å². The van der Waals surface area contributed by atoms with Crippen molar-refractivity contribution in [3.63, 3.8) is 0 Å². The molecule has 0 radical (unpaired) electrons. The van der Waals surface area contributed by atoms with Gasteiger partial charge in [-0.1, -0.05) is 4.98 Å². The number of H-pyrrole nitrogens is 3. The van der Waals surface area contributed by atoms with Crippen molar-refractivity contribution in [2.75, 3.05) is 18.0 Å². The number of aromatic nitrogens is 6. The van der Waals surface area contributed by atoms with Gasteiger partial charge in [-0.3, -0.25) is 4.98 Å². The third kappa shape index (κ3) is 1.82. The zero-order valence-electron chi connectivity index (χ0n) is 10.6. The number of fused-ring (bicyclic) bond motifs is 2. The molecule has 1 aliphatic heterocycles. The van der Waals surface area contributed by atoms with Crippen LogP contribution in [0.25, 0.3) is 11.2 Å². The topological polar surface area (TPSA) is 87.6 Å². The Morgan fingerprint density at radius 2 is 2.10 bits per heavy atom. The zero-order valence-corrected chi connectivity index (χ0v) is 11.4. The second-order valence-electron chi connectivity index (χ2n) is 4.79. The number of nitrogens with zero attached hydrogens (tertiary/aromatic N) is 4. The van der Waals surface area contributed by atoms with Crippen LogP contribution >= 0.6 is 11.6 Å². The molecule has 0 aromatic carbocycles. The lowest BCUT2D eigenvalue weighted by molar-refractivity contribution is -0.347. The third-order valence-corrected chi connectivity index (χ3v) is 3.81. The van der Waals surface area contributed by atoms with Gasteiger partial charge in [0.2, 0.25) is 5.52 Å². The molecule has 0 saturated heterocycles. The molecule has 4 rings (SSSR count). The summed E-state index contributed by atoms with van der Waals surface area (Å²) in [6.45, 7) is 1.73. The van der Waals surface area contributed by atoms with Crippen molar-refractivity contribution in [3.8, 4) is 0 Å². The summed E-state index contributed by atoms with van der Waals surface area (Å²) in [6.07, 6.45) is 5.32. The Balaban J connectivity index is 1.73. The van der Waals surface area contributed by atoms with Gasteiger partial charge < -0.3 is 9.88 Å². The van der Waals surface area contributed by atoms with Crippen LogP contribution in [0.15, 0.2) is 12.7 Å². The van der Waals surface area contributed by atoms with Crippen LogP contribution in [0.2, 0.25) is 5.28 Å². The van der Waals surface area contributed by atoms with E-state index < -0.39 is 0 Å². The van der Waals surface area contributed by atoms with E-state index >= 15 is 0 Å². The summed E-state index contributed by atoms with van der Waals surface area (Å²) in [6, 6.07) is 0. The summed E-state index contributed by atoms with van der Waals surface area (Å²) < 4.78 is 0. The molecule has 20 heavy (non-hydrogen) atoms. The Labute approximate surface area is 119 Å². The molecule has 102 valence electrons. The van der Waals surface area contributed by atoms with Crippen molar-refractivity contribution in [1.29, 1.82) is 0 Å². The van der Waals surface area contributed by atoms with Crippen molar-refractivity contribution in [1.82, 2.24) is 24.9 Å². The van der Waals surface area contributed by atoms with E-state index in [0.29, 0.717) is 0 Å². The van der Waals surface area contributed by atoms with Crippen molar-refractivity contribution in [3.05, 3.63) is 29.3 Å². The molecule has 0 saturated carbocycles. The highest BCUT2D eigenvalue weighted by Crippen LogP contribution is 2.23. The highest BCUT2D eigenvalue weighted by molar-refractivity contribution is 6.28. The quantitative estimate of drug-likeness (QED) is 0.648. The Bertz CT molecular complexity index is 740. The van der Waals surface area contributed by atoms with Crippen LogP contribution in [0.5, 0.6) is 0 Å². The molecule has 0 spiro atoms. The largest absolute Gasteiger partial charge is 0.353 e. The Kier molecular flexibility index (Phi) is 2.59. The van der Waals surface area contributed by atoms with Crippen molar-refractivity contribution in [2.45, 2.75) is 12.8 Å². The molecule has 8 heteroatoms. The van der Waals surface area contributed by atoms with Crippen molar-refractivity contribution < 1.29 is 4.98 Å². The SMILES string of the molecule is Clc1nc(N2CCc3nc[nH]c3CC2)c2[nH]c[nH+]c2n1. The average molecular weight is 291 g/mol. The number of halogens is 1. The molecule has 0 unspecified atom stereocenters. The fraction of sp³-hybridized carbons (Fsp3) is 0.333. The van der Waals surface area contributed by atoms with Crippen LogP contribution in [0.3, 0.4) is 0 Å². The van der Waals surface area contributed by atoms with E-state index in [4.69, 9.17) is 11.6 Å².